The van der Waals surface area contributed by atoms with Gasteiger partial charge in [0.05, 0.1) is 0 Å². The van der Waals surface area contributed by atoms with Crippen LogP contribution in [0, 0.1) is 5.92 Å². The van der Waals surface area contributed by atoms with Gasteiger partial charge in [-0.15, -0.1) is 0 Å². The number of piperidine rings is 1. The van der Waals surface area contributed by atoms with Crippen LogP contribution in [0.25, 0.3) is 0 Å². The molecule has 17 heavy (non-hydrogen) atoms. The normalized spacial score (nSPS) is 25.8. The van der Waals surface area contributed by atoms with Gasteiger partial charge in [-0.1, -0.05) is 30.3 Å². The minimum absolute atomic E-state index is 0.209. The first-order valence-electron chi connectivity index (χ1n) is 5.90. The lowest BCUT2D eigenvalue weighted by atomic mass is 9.89. The maximum absolute atomic E-state index is 12.2. The number of rotatable bonds is 2. The van der Waals surface area contributed by atoms with E-state index in [1.165, 1.54) is 0 Å². The molecule has 4 heteroatoms. The van der Waals surface area contributed by atoms with Crippen molar-refractivity contribution in [2.45, 2.75) is 31.5 Å². The SMILES string of the molecule is FC(F)(F)CC1CCC(c2ccccc2)NC1. The van der Waals surface area contributed by atoms with Crippen LogP contribution in [0.15, 0.2) is 30.3 Å². The van der Waals surface area contributed by atoms with Crippen LogP contribution >= 0.6 is 0 Å². The minimum Gasteiger partial charge on any atom is -0.310 e. The van der Waals surface area contributed by atoms with Crippen LogP contribution in [0.5, 0.6) is 0 Å². The van der Waals surface area contributed by atoms with Gasteiger partial charge in [0.25, 0.3) is 0 Å². The summed E-state index contributed by atoms with van der Waals surface area (Å²) in [6.45, 7) is 0.457. The van der Waals surface area contributed by atoms with Crippen LogP contribution in [-0.2, 0) is 0 Å². The lowest BCUT2D eigenvalue weighted by Gasteiger charge is -2.30. The Morgan fingerprint density at radius 3 is 2.35 bits per heavy atom. The van der Waals surface area contributed by atoms with E-state index in [4.69, 9.17) is 0 Å². The fourth-order valence-electron chi connectivity index (χ4n) is 2.39. The molecule has 0 radical (unpaired) electrons. The van der Waals surface area contributed by atoms with Gasteiger partial charge in [0.2, 0.25) is 0 Å². The highest BCUT2D eigenvalue weighted by molar-refractivity contribution is 5.19. The predicted octanol–water partition coefficient (Wildman–Crippen LogP) is 3.68. The Hall–Kier alpha value is -1.03. The Morgan fingerprint density at radius 2 is 1.82 bits per heavy atom. The van der Waals surface area contributed by atoms with Crippen LogP contribution in [0.4, 0.5) is 13.2 Å². The second-order valence-electron chi connectivity index (χ2n) is 4.63. The van der Waals surface area contributed by atoms with Crippen molar-refractivity contribution in [3.05, 3.63) is 35.9 Å². The molecule has 1 heterocycles. The molecule has 0 amide bonds. The molecule has 2 atom stereocenters. The van der Waals surface area contributed by atoms with E-state index in [1.54, 1.807) is 0 Å². The van der Waals surface area contributed by atoms with Gasteiger partial charge < -0.3 is 5.32 Å². The number of alkyl halides is 3. The molecule has 1 aromatic carbocycles. The molecule has 1 nitrogen and oxygen atoms in total. The Balaban J connectivity index is 1.86. The third-order valence-corrected chi connectivity index (χ3v) is 3.24. The molecule has 1 aliphatic heterocycles. The third kappa shape index (κ3) is 3.73. The van der Waals surface area contributed by atoms with Crippen molar-refractivity contribution in [2.24, 2.45) is 5.92 Å². The van der Waals surface area contributed by atoms with Crippen molar-refractivity contribution >= 4 is 0 Å². The molecule has 0 aliphatic carbocycles. The van der Waals surface area contributed by atoms with Crippen LogP contribution in [0.3, 0.4) is 0 Å². The van der Waals surface area contributed by atoms with E-state index >= 15 is 0 Å². The first kappa shape index (κ1) is 12.4. The first-order chi connectivity index (χ1) is 8.04. The summed E-state index contributed by atoms with van der Waals surface area (Å²) in [5.41, 5.74) is 1.16. The van der Waals surface area contributed by atoms with Crippen molar-refractivity contribution < 1.29 is 13.2 Å². The quantitative estimate of drug-likeness (QED) is 0.835. The summed E-state index contributed by atoms with van der Waals surface area (Å²) in [6.07, 6.45) is -3.27. The van der Waals surface area contributed by atoms with E-state index in [-0.39, 0.29) is 12.0 Å². The summed E-state index contributed by atoms with van der Waals surface area (Å²) in [5.74, 6) is -0.269. The predicted molar refractivity (Wildman–Crippen MR) is 60.6 cm³/mol. The fourth-order valence-corrected chi connectivity index (χ4v) is 2.39. The zero-order valence-electron chi connectivity index (χ0n) is 9.50. The monoisotopic (exact) mass is 243 g/mol. The fraction of sp³-hybridized carbons (Fsp3) is 0.538. The molecule has 0 spiro atoms. The molecule has 94 valence electrons. The smallest absolute Gasteiger partial charge is 0.310 e. The van der Waals surface area contributed by atoms with E-state index in [0.717, 1.165) is 12.0 Å². The molecular weight excluding hydrogens is 227 g/mol. The van der Waals surface area contributed by atoms with E-state index in [0.29, 0.717) is 13.0 Å². The second-order valence-corrected chi connectivity index (χ2v) is 4.63. The maximum Gasteiger partial charge on any atom is 0.389 e. The van der Waals surface area contributed by atoms with E-state index in [9.17, 15) is 13.2 Å². The largest absolute Gasteiger partial charge is 0.389 e. The first-order valence-corrected chi connectivity index (χ1v) is 5.90. The molecule has 1 saturated heterocycles. The summed E-state index contributed by atoms with van der Waals surface area (Å²) in [5, 5.41) is 3.21. The number of halogens is 3. The van der Waals surface area contributed by atoms with Gasteiger partial charge in [-0.25, -0.2) is 0 Å². The van der Waals surface area contributed by atoms with Gasteiger partial charge in [0.1, 0.15) is 0 Å². The average Bonchev–Trinajstić information content (AvgIpc) is 2.29. The van der Waals surface area contributed by atoms with E-state index in [2.05, 4.69) is 5.32 Å². The summed E-state index contributed by atoms with van der Waals surface area (Å²) in [6, 6.07) is 10.1. The summed E-state index contributed by atoms with van der Waals surface area (Å²) < 4.78 is 36.7. The number of hydrogen-bond acceptors (Lipinski definition) is 1. The van der Waals surface area contributed by atoms with Crippen LogP contribution in [-0.4, -0.2) is 12.7 Å². The van der Waals surface area contributed by atoms with Crippen molar-refractivity contribution in [1.29, 1.82) is 0 Å². The van der Waals surface area contributed by atoms with Gasteiger partial charge in [-0.3, -0.25) is 0 Å². The van der Waals surface area contributed by atoms with Crippen LogP contribution in [0.2, 0.25) is 0 Å². The standard InChI is InChI=1S/C13H16F3N/c14-13(15,16)8-10-6-7-12(17-9-10)11-4-2-1-3-5-11/h1-5,10,12,17H,6-9H2. The Bertz CT molecular complexity index is 339. The second kappa shape index (κ2) is 5.08. The molecule has 2 rings (SSSR count). The zero-order chi connectivity index (χ0) is 12.3. The van der Waals surface area contributed by atoms with Crippen molar-refractivity contribution in [2.75, 3.05) is 6.54 Å². The lowest BCUT2D eigenvalue weighted by Crippen LogP contribution is -2.35. The summed E-state index contributed by atoms with van der Waals surface area (Å²) >= 11 is 0. The van der Waals surface area contributed by atoms with Gasteiger partial charge in [0.15, 0.2) is 0 Å². The van der Waals surface area contributed by atoms with Gasteiger partial charge in [0, 0.05) is 12.5 Å². The Morgan fingerprint density at radius 1 is 1.12 bits per heavy atom. The number of nitrogens with one attached hydrogen (secondary N) is 1. The van der Waals surface area contributed by atoms with E-state index in [1.807, 2.05) is 30.3 Å². The number of hydrogen-bond donors (Lipinski definition) is 1. The molecular formula is C13H16F3N. The van der Waals surface area contributed by atoms with Crippen molar-refractivity contribution in [1.82, 2.24) is 5.32 Å². The van der Waals surface area contributed by atoms with Crippen LogP contribution in [0.1, 0.15) is 30.9 Å². The van der Waals surface area contributed by atoms with Crippen molar-refractivity contribution in [3.63, 3.8) is 0 Å². The van der Waals surface area contributed by atoms with Crippen LogP contribution < -0.4 is 5.32 Å². The highest BCUT2D eigenvalue weighted by Crippen LogP contribution is 2.32. The molecule has 1 aliphatic rings. The molecule has 1 N–H and O–H groups in total. The topological polar surface area (TPSA) is 12.0 Å². The molecule has 0 aromatic heterocycles. The Kier molecular flexibility index (Phi) is 3.72. The van der Waals surface area contributed by atoms with Crippen molar-refractivity contribution in [3.8, 4) is 0 Å². The Labute approximate surface area is 99.0 Å². The van der Waals surface area contributed by atoms with Gasteiger partial charge >= 0.3 is 6.18 Å². The summed E-state index contributed by atoms with van der Waals surface area (Å²) in [7, 11) is 0. The van der Waals surface area contributed by atoms with E-state index < -0.39 is 12.6 Å². The molecule has 1 aromatic rings. The lowest BCUT2D eigenvalue weighted by molar-refractivity contribution is -0.146. The molecule has 1 fully saturated rings. The van der Waals surface area contributed by atoms with Gasteiger partial charge in [-0.05, 0) is 30.9 Å². The molecule has 0 bridgehead atoms. The summed E-state index contributed by atoms with van der Waals surface area (Å²) in [4.78, 5) is 0. The average molecular weight is 243 g/mol. The third-order valence-electron chi connectivity index (χ3n) is 3.24. The highest BCUT2D eigenvalue weighted by atomic mass is 19.4. The highest BCUT2D eigenvalue weighted by Gasteiger charge is 2.33. The molecule has 2 unspecified atom stereocenters. The zero-order valence-corrected chi connectivity index (χ0v) is 9.50. The maximum atomic E-state index is 12.2. The van der Waals surface area contributed by atoms with Gasteiger partial charge in [-0.2, -0.15) is 13.2 Å². The minimum atomic E-state index is -4.04. The molecule has 0 saturated carbocycles. The number of benzene rings is 1.